The van der Waals surface area contributed by atoms with Gasteiger partial charge in [-0.05, 0) is 56.5 Å². The molecule has 0 unspecified atom stereocenters. The van der Waals surface area contributed by atoms with Gasteiger partial charge in [0.05, 0.1) is 17.0 Å². The van der Waals surface area contributed by atoms with Gasteiger partial charge in [0.1, 0.15) is 17.7 Å². The first kappa shape index (κ1) is 22.8. The Bertz CT molecular complexity index is 1200. The number of carbonyl (C=O) groups excluding carboxylic acids is 1. The summed E-state index contributed by atoms with van der Waals surface area (Å²) >= 11 is 1.42. The van der Waals surface area contributed by atoms with E-state index < -0.39 is 0 Å². The van der Waals surface area contributed by atoms with Crippen molar-refractivity contribution in [2.45, 2.75) is 32.3 Å². The maximum Gasteiger partial charge on any atom is 0.233 e. The van der Waals surface area contributed by atoms with Crippen LogP contribution < -0.4 is 4.90 Å². The Kier molecular flexibility index (Phi) is 6.94. The minimum absolute atomic E-state index is 0.0801. The largest absolute Gasteiger partial charge is 0.354 e. The Balaban J connectivity index is 1.42. The summed E-state index contributed by atoms with van der Waals surface area (Å²) in [6.45, 7) is 8.76. The number of benzene rings is 1. The lowest BCUT2D eigenvalue weighted by atomic mass is 10.1. The lowest BCUT2D eigenvalue weighted by Crippen LogP contribution is -2.36. The number of aromatic nitrogens is 4. The summed E-state index contributed by atoms with van der Waals surface area (Å²) in [5, 5.41) is 18.7. The van der Waals surface area contributed by atoms with Gasteiger partial charge in [-0.15, -0.1) is 10.2 Å². The van der Waals surface area contributed by atoms with E-state index >= 15 is 0 Å². The number of hydrogen-bond acceptors (Lipinski definition) is 7. The monoisotopic (exact) mass is 461 g/mol. The van der Waals surface area contributed by atoms with Crippen LogP contribution in [0.15, 0.2) is 41.7 Å². The van der Waals surface area contributed by atoms with E-state index in [0.29, 0.717) is 36.8 Å². The predicted molar refractivity (Wildman–Crippen MR) is 129 cm³/mol. The summed E-state index contributed by atoms with van der Waals surface area (Å²) in [6, 6.07) is 12.1. The molecule has 0 atom stereocenters. The Morgan fingerprint density at radius 2 is 1.97 bits per heavy atom. The van der Waals surface area contributed by atoms with Gasteiger partial charge in [0.15, 0.2) is 5.16 Å². The lowest BCUT2D eigenvalue weighted by molar-refractivity contribution is -0.128. The molecule has 8 nitrogen and oxygen atoms in total. The van der Waals surface area contributed by atoms with Crippen LogP contribution in [0.4, 0.5) is 5.82 Å². The lowest BCUT2D eigenvalue weighted by Gasteiger charge is -2.23. The van der Waals surface area contributed by atoms with Gasteiger partial charge >= 0.3 is 0 Å². The summed E-state index contributed by atoms with van der Waals surface area (Å²) < 4.78 is 2.02. The fourth-order valence-corrected chi connectivity index (χ4v) is 4.90. The quantitative estimate of drug-likeness (QED) is 0.539. The molecule has 0 radical (unpaired) electrons. The number of rotatable bonds is 5. The Hall–Kier alpha value is -3.38. The highest BCUT2D eigenvalue weighted by atomic mass is 32.2. The van der Waals surface area contributed by atoms with E-state index in [-0.39, 0.29) is 5.91 Å². The predicted octanol–water partition coefficient (Wildman–Crippen LogP) is 3.29. The summed E-state index contributed by atoms with van der Waals surface area (Å²) in [5.41, 5.74) is 3.91. The third kappa shape index (κ3) is 5.01. The smallest absolute Gasteiger partial charge is 0.233 e. The number of nitrogens with zero attached hydrogens (tertiary/aromatic N) is 7. The molecule has 0 spiro atoms. The molecular formula is C24H27N7OS. The molecule has 1 aromatic carbocycles. The minimum Gasteiger partial charge on any atom is -0.354 e. The molecule has 9 heteroatoms. The van der Waals surface area contributed by atoms with Crippen molar-refractivity contribution < 1.29 is 4.79 Å². The van der Waals surface area contributed by atoms with E-state index in [2.05, 4.69) is 58.2 Å². The number of carbonyl (C=O) groups is 1. The molecule has 33 heavy (non-hydrogen) atoms. The van der Waals surface area contributed by atoms with E-state index in [4.69, 9.17) is 0 Å². The summed E-state index contributed by atoms with van der Waals surface area (Å²) in [7, 11) is 0. The second-order valence-electron chi connectivity index (χ2n) is 8.15. The fraction of sp³-hybridized carbons (Fsp3) is 0.375. The van der Waals surface area contributed by atoms with Crippen molar-refractivity contribution in [2.24, 2.45) is 0 Å². The van der Waals surface area contributed by atoms with Crippen molar-refractivity contribution in [2.75, 3.05) is 36.8 Å². The Labute approximate surface area is 198 Å². The fourth-order valence-electron chi connectivity index (χ4n) is 4.01. The highest BCUT2D eigenvalue weighted by molar-refractivity contribution is 7.99. The number of hydrogen-bond donors (Lipinski definition) is 0. The second-order valence-corrected chi connectivity index (χ2v) is 9.09. The average molecular weight is 462 g/mol. The van der Waals surface area contributed by atoms with Crippen LogP contribution in [-0.2, 0) is 4.79 Å². The summed E-state index contributed by atoms with van der Waals surface area (Å²) in [6.07, 6.45) is 2.53. The van der Waals surface area contributed by atoms with Crippen molar-refractivity contribution in [1.29, 1.82) is 5.26 Å². The number of anilines is 1. The first-order chi connectivity index (χ1) is 16.0. The van der Waals surface area contributed by atoms with Crippen LogP contribution in [0.3, 0.4) is 0 Å². The number of amides is 1. The molecule has 0 N–H and O–H groups in total. The van der Waals surface area contributed by atoms with Crippen molar-refractivity contribution in [1.82, 2.24) is 24.6 Å². The van der Waals surface area contributed by atoms with E-state index in [9.17, 15) is 10.1 Å². The third-order valence-electron chi connectivity index (χ3n) is 5.78. The Morgan fingerprint density at radius 3 is 2.79 bits per heavy atom. The summed E-state index contributed by atoms with van der Waals surface area (Å²) in [4.78, 5) is 21.4. The van der Waals surface area contributed by atoms with Crippen molar-refractivity contribution in [3.8, 4) is 11.8 Å². The van der Waals surface area contributed by atoms with Crippen LogP contribution in [0.25, 0.3) is 5.69 Å². The van der Waals surface area contributed by atoms with Gasteiger partial charge in [0.2, 0.25) is 5.91 Å². The van der Waals surface area contributed by atoms with Gasteiger partial charge < -0.3 is 9.80 Å². The van der Waals surface area contributed by atoms with Crippen molar-refractivity contribution in [3.05, 3.63) is 59.0 Å². The van der Waals surface area contributed by atoms with E-state index in [1.54, 1.807) is 18.3 Å². The molecule has 1 saturated heterocycles. The van der Waals surface area contributed by atoms with E-state index in [1.165, 1.54) is 11.8 Å². The maximum atomic E-state index is 13.0. The molecule has 1 fully saturated rings. The van der Waals surface area contributed by atoms with Gasteiger partial charge in [-0.3, -0.25) is 9.36 Å². The topological polar surface area (TPSA) is 90.9 Å². The normalized spacial score (nSPS) is 14.1. The number of pyridine rings is 1. The van der Waals surface area contributed by atoms with Gasteiger partial charge in [0.25, 0.3) is 0 Å². The zero-order valence-electron chi connectivity index (χ0n) is 19.2. The third-order valence-corrected chi connectivity index (χ3v) is 6.69. The zero-order chi connectivity index (χ0) is 23.4. The number of aryl methyl sites for hydroxylation is 3. The van der Waals surface area contributed by atoms with Crippen LogP contribution in [0.2, 0.25) is 0 Å². The number of nitriles is 1. The molecule has 1 aliphatic rings. The molecule has 4 rings (SSSR count). The van der Waals surface area contributed by atoms with Gasteiger partial charge in [-0.2, -0.15) is 5.26 Å². The van der Waals surface area contributed by atoms with E-state index in [0.717, 1.165) is 40.8 Å². The summed E-state index contributed by atoms with van der Waals surface area (Å²) in [5.74, 6) is 1.88. The standard InChI is InChI=1S/C24H27N7OS/c1-17-7-8-18(2)21(14-17)31-19(3)27-28-24(31)33-16-22(32)29-10-5-11-30(13-12-29)23-20(15-25)6-4-9-26-23/h4,6-9,14H,5,10-13,16H2,1-3H3. The number of thioether (sulfide) groups is 1. The molecule has 1 amide bonds. The van der Waals surface area contributed by atoms with Crippen LogP contribution in [0.1, 0.15) is 28.9 Å². The van der Waals surface area contributed by atoms with Crippen molar-refractivity contribution >= 4 is 23.5 Å². The molecule has 2 aromatic heterocycles. The molecule has 3 heterocycles. The maximum absolute atomic E-state index is 13.0. The molecule has 0 saturated carbocycles. The van der Waals surface area contributed by atoms with Gasteiger partial charge in [0, 0.05) is 32.4 Å². The Morgan fingerprint density at radius 1 is 1.12 bits per heavy atom. The molecule has 1 aliphatic heterocycles. The molecule has 0 bridgehead atoms. The molecule has 170 valence electrons. The highest BCUT2D eigenvalue weighted by Crippen LogP contribution is 2.25. The molecule has 0 aliphatic carbocycles. The van der Waals surface area contributed by atoms with Crippen molar-refractivity contribution in [3.63, 3.8) is 0 Å². The van der Waals surface area contributed by atoms with Crippen LogP contribution in [0.5, 0.6) is 0 Å². The molecular weight excluding hydrogens is 434 g/mol. The van der Waals surface area contributed by atoms with Crippen LogP contribution >= 0.6 is 11.8 Å². The first-order valence-corrected chi connectivity index (χ1v) is 12.0. The molecule has 3 aromatic rings. The first-order valence-electron chi connectivity index (χ1n) is 11.0. The SMILES string of the molecule is Cc1ccc(C)c(-n2c(C)nnc2SCC(=O)N2CCCN(c3ncccc3C#N)CC2)c1. The van der Waals surface area contributed by atoms with Crippen LogP contribution in [-0.4, -0.2) is 62.5 Å². The van der Waals surface area contributed by atoms with Crippen LogP contribution in [0, 0.1) is 32.1 Å². The van der Waals surface area contributed by atoms with Gasteiger partial charge in [-0.25, -0.2) is 4.98 Å². The van der Waals surface area contributed by atoms with Gasteiger partial charge in [-0.1, -0.05) is 23.9 Å². The average Bonchev–Trinajstić information content (AvgIpc) is 3.02. The van der Waals surface area contributed by atoms with E-state index in [1.807, 2.05) is 16.4 Å². The zero-order valence-corrected chi connectivity index (χ0v) is 20.0. The second kappa shape index (κ2) is 10.0. The highest BCUT2D eigenvalue weighted by Gasteiger charge is 2.22. The minimum atomic E-state index is 0.0801.